The lowest BCUT2D eigenvalue weighted by Crippen LogP contribution is -2.25. The Balaban J connectivity index is 2.13. The number of amides is 1. The molecule has 0 unspecified atom stereocenters. The number of unbranched alkanes of at least 4 members (excludes halogenated alkanes) is 1. The largest absolute Gasteiger partial charge is 0.493 e. The highest BCUT2D eigenvalue weighted by atomic mass is 16.6. The fourth-order valence-corrected chi connectivity index (χ4v) is 2.91. The van der Waals surface area contributed by atoms with E-state index in [2.05, 4.69) is 5.32 Å². The molecule has 0 aliphatic rings. The van der Waals surface area contributed by atoms with Gasteiger partial charge >= 0.3 is 5.97 Å². The summed E-state index contributed by atoms with van der Waals surface area (Å²) in [5.74, 6) is 0.561. The molecule has 8 heteroatoms. The number of carbonyl (C=O) groups is 2. The summed E-state index contributed by atoms with van der Waals surface area (Å²) in [6, 6.07) is 11.9. The number of nitrogens with one attached hydrogen (secondary N) is 1. The molecule has 0 atom stereocenters. The third kappa shape index (κ3) is 7.41. The Morgan fingerprint density at radius 2 is 1.56 bits per heavy atom. The number of ether oxygens (including phenoxy) is 4. The van der Waals surface area contributed by atoms with E-state index in [1.54, 1.807) is 43.5 Å². The van der Waals surface area contributed by atoms with Crippen LogP contribution in [0.4, 0.5) is 0 Å². The molecule has 0 bridgehead atoms. The van der Waals surface area contributed by atoms with Gasteiger partial charge < -0.3 is 24.3 Å². The predicted octanol–water partition coefficient (Wildman–Crippen LogP) is 4.15. The van der Waals surface area contributed by atoms with Crippen LogP contribution < -0.4 is 24.3 Å². The number of esters is 1. The molecule has 0 aromatic heterocycles. The van der Waals surface area contributed by atoms with E-state index >= 15 is 0 Å². The minimum Gasteiger partial charge on any atom is -0.493 e. The third-order valence-corrected chi connectivity index (χ3v) is 4.71. The summed E-state index contributed by atoms with van der Waals surface area (Å²) >= 11 is 0. The molecule has 0 fully saturated rings. The van der Waals surface area contributed by atoms with Crippen molar-refractivity contribution in [2.75, 3.05) is 27.9 Å². The van der Waals surface area contributed by atoms with Crippen molar-refractivity contribution < 1.29 is 28.5 Å². The Morgan fingerprint density at radius 1 is 0.941 bits per heavy atom. The lowest BCUT2D eigenvalue weighted by Gasteiger charge is -2.09. The van der Waals surface area contributed by atoms with E-state index in [-0.39, 0.29) is 17.1 Å². The number of nitriles is 1. The maximum atomic E-state index is 12.3. The Labute approximate surface area is 199 Å². The fraction of sp³-hybridized carbons (Fsp3) is 0.269. The van der Waals surface area contributed by atoms with E-state index < -0.39 is 11.9 Å². The van der Waals surface area contributed by atoms with Crippen LogP contribution in [0.2, 0.25) is 0 Å². The van der Waals surface area contributed by atoms with E-state index in [0.717, 1.165) is 18.4 Å². The van der Waals surface area contributed by atoms with Crippen molar-refractivity contribution in [1.82, 2.24) is 5.32 Å². The average molecular weight is 465 g/mol. The smallest absolute Gasteiger partial charge is 0.336 e. The van der Waals surface area contributed by atoms with Gasteiger partial charge in [0.15, 0.2) is 23.0 Å². The highest BCUT2D eigenvalue weighted by molar-refractivity contribution is 6.01. The van der Waals surface area contributed by atoms with Crippen LogP contribution in [0.3, 0.4) is 0 Å². The number of hydrogen-bond donors (Lipinski definition) is 1. The number of benzene rings is 2. The summed E-state index contributed by atoms with van der Waals surface area (Å²) in [4.78, 5) is 24.5. The molecule has 0 aliphatic carbocycles. The van der Waals surface area contributed by atoms with E-state index in [1.807, 2.05) is 13.0 Å². The molecule has 0 spiro atoms. The second kappa shape index (κ2) is 13.3. The van der Waals surface area contributed by atoms with Crippen LogP contribution in [0.25, 0.3) is 12.2 Å². The maximum Gasteiger partial charge on any atom is 0.336 e. The first kappa shape index (κ1) is 26.0. The fourth-order valence-electron chi connectivity index (χ4n) is 2.91. The molecular formula is C26H28N2O6. The summed E-state index contributed by atoms with van der Waals surface area (Å²) in [5.41, 5.74) is 1.25. The number of carbonyl (C=O) groups excluding carboxylic acids is 2. The van der Waals surface area contributed by atoms with Gasteiger partial charge in [-0.15, -0.1) is 0 Å². The Kier molecular flexibility index (Phi) is 10.2. The number of rotatable bonds is 11. The molecule has 0 radical (unpaired) electrons. The summed E-state index contributed by atoms with van der Waals surface area (Å²) in [7, 11) is 4.51. The summed E-state index contributed by atoms with van der Waals surface area (Å²) in [6.45, 7) is 2.52. The van der Waals surface area contributed by atoms with Crippen LogP contribution in [0.1, 0.15) is 30.9 Å². The summed E-state index contributed by atoms with van der Waals surface area (Å²) in [6.07, 6.45) is 6.09. The highest BCUT2D eigenvalue weighted by Gasteiger charge is 2.12. The van der Waals surface area contributed by atoms with Crippen molar-refractivity contribution in [1.29, 1.82) is 5.26 Å². The van der Waals surface area contributed by atoms with Crippen molar-refractivity contribution in [3.8, 4) is 29.1 Å². The van der Waals surface area contributed by atoms with Gasteiger partial charge in [-0.3, -0.25) is 4.79 Å². The lowest BCUT2D eigenvalue weighted by molar-refractivity contribution is -0.129. The van der Waals surface area contributed by atoms with Crippen molar-refractivity contribution in [3.05, 3.63) is 59.2 Å². The molecule has 2 rings (SSSR count). The molecule has 8 nitrogen and oxygen atoms in total. The highest BCUT2D eigenvalue weighted by Crippen LogP contribution is 2.30. The lowest BCUT2D eigenvalue weighted by atomic mass is 10.1. The number of nitrogens with zero attached hydrogens (tertiary/aromatic N) is 1. The van der Waals surface area contributed by atoms with Crippen LogP contribution in [-0.4, -0.2) is 39.8 Å². The van der Waals surface area contributed by atoms with Crippen molar-refractivity contribution in [3.63, 3.8) is 0 Å². The van der Waals surface area contributed by atoms with Gasteiger partial charge in [0, 0.05) is 12.6 Å². The molecule has 0 heterocycles. The zero-order chi connectivity index (χ0) is 24.9. The minimum absolute atomic E-state index is 0.0271. The standard InChI is InChI=1S/C26H28N2O6/c1-5-6-13-28-26(30)20(17-27)14-19-8-11-22(24(16-19)33-4)34-25(29)12-9-18-7-10-21(31-2)23(15-18)32-3/h7-12,14-16H,5-6,13H2,1-4H3,(H,28,30)/b12-9+,20-14+. The van der Waals surface area contributed by atoms with Crippen LogP contribution in [0.15, 0.2) is 48.0 Å². The van der Waals surface area contributed by atoms with Crippen molar-refractivity contribution in [2.24, 2.45) is 0 Å². The van der Waals surface area contributed by atoms with Gasteiger partial charge in [0.2, 0.25) is 0 Å². The Morgan fingerprint density at radius 3 is 2.21 bits per heavy atom. The van der Waals surface area contributed by atoms with Crippen LogP contribution in [-0.2, 0) is 9.59 Å². The summed E-state index contributed by atoms with van der Waals surface area (Å²) < 4.78 is 21.2. The number of methoxy groups -OCH3 is 3. The van der Waals surface area contributed by atoms with E-state index in [0.29, 0.717) is 23.6 Å². The molecule has 1 amide bonds. The molecule has 0 aliphatic heterocycles. The zero-order valence-electron chi connectivity index (χ0n) is 19.7. The van der Waals surface area contributed by atoms with E-state index in [9.17, 15) is 14.9 Å². The molecule has 34 heavy (non-hydrogen) atoms. The maximum absolute atomic E-state index is 12.3. The molecule has 178 valence electrons. The zero-order valence-corrected chi connectivity index (χ0v) is 19.7. The molecule has 1 N–H and O–H groups in total. The van der Waals surface area contributed by atoms with Gasteiger partial charge in [-0.2, -0.15) is 5.26 Å². The first-order chi connectivity index (χ1) is 16.4. The van der Waals surface area contributed by atoms with Crippen LogP contribution in [0.5, 0.6) is 23.0 Å². The predicted molar refractivity (Wildman–Crippen MR) is 129 cm³/mol. The third-order valence-electron chi connectivity index (χ3n) is 4.71. The first-order valence-corrected chi connectivity index (χ1v) is 10.7. The van der Waals surface area contributed by atoms with Gasteiger partial charge in [0.05, 0.1) is 21.3 Å². The van der Waals surface area contributed by atoms with Gasteiger partial charge in [-0.25, -0.2) is 4.79 Å². The van der Waals surface area contributed by atoms with Gasteiger partial charge in [-0.1, -0.05) is 25.5 Å². The molecule has 0 saturated heterocycles. The molecular weight excluding hydrogens is 436 g/mol. The molecule has 0 saturated carbocycles. The quantitative estimate of drug-likeness (QED) is 0.175. The molecule has 2 aromatic rings. The van der Waals surface area contributed by atoms with E-state index in [1.165, 1.54) is 32.4 Å². The van der Waals surface area contributed by atoms with Crippen molar-refractivity contribution >= 4 is 24.0 Å². The van der Waals surface area contributed by atoms with Gasteiger partial charge in [-0.05, 0) is 54.0 Å². The average Bonchev–Trinajstić information content (AvgIpc) is 2.86. The SMILES string of the molecule is CCCCNC(=O)/C(C#N)=C/c1ccc(OC(=O)/C=C/c2ccc(OC)c(OC)c2)c(OC)c1. The van der Waals surface area contributed by atoms with Gasteiger partial charge in [0.25, 0.3) is 5.91 Å². The Bertz CT molecular complexity index is 1110. The van der Waals surface area contributed by atoms with E-state index in [4.69, 9.17) is 18.9 Å². The second-order valence-electron chi connectivity index (χ2n) is 7.06. The molecule has 2 aromatic carbocycles. The van der Waals surface area contributed by atoms with Crippen LogP contribution >= 0.6 is 0 Å². The Hall–Kier alpha value is -4.25. The monoisotopic (exact) mass is 464 g/mol. The first-order valence-electron chi connectivity index (χ1n) is 10.7. The normalized spacial score (nSPS) is 11.0. The van der Waals surface area contributed by atoms with Gasteiger partial charge in [0.1, 0.15) is 11.6 Å². The topological polar surface area (TPSA) is 107 Å². The summed E-state index contributed by atoms with van der Waals surface area (Å²) in [5, 5.41) is 12.0. The van der Waals surface area contributed by atoms with Crippen molar-refractivity contribution in [2.45, 2.75) is 19.8 Å². The second-order valence-corrected chi connectivity index (χ2v) is 7.06. The number of hydrogen-bond acceptors (Lipinski definition) is 7. The van der Waals surface area contributed by atoms with Crippen LogP contribution in [0, 0.1) is 11.3 Å². The minimum atomic E-state index is -0.607.